The van der Waals surface area contributed by atoms with Crippen LogP contribution in [-0.2, 0) is 4.74 Å². The Hall–Kier alpha value is -1.92. The molecular formula is C13H16O6. The van der Waals surface area contributed by atoms with Crippen molar-refractivity contribution in [1.29, 1.82) is 0 Å². The molecule has 104 valence electrons. The Morgan fingerprint density at radius 2 is 1.95 bits per heavy atom. The van der Waals surface area contributed by atoms with E-state index in [1.54, 1.807) is 6.92 Å². The van der Waals surface area contributed by atoms with Crippen LogP contribution in [0.15, 0.2) is 24.3 Å². The van der Waals surface area contributed by atoms with Crippen molar-refractivity contribution in [3.8, 4) is 0 Å². The molecule has 0 aliphatic heterocycles. The van der Waals surface area contributed by atoms with Crippen LogP contribution >= 0.6 is 0 Å². The molecule has 1 aromatic carbocycles. The Labute approximate surface area is 110 Å². The van der Waals surface area contributed by atoms with Gasteiger partial charge in [-0.3, -0.25) is 0 Å². The maximum atomic E-state index is 11.8. The summed E-state index contributed by atoms with van der Waals surface area (Å²) in [6, 6.07) is 5.32. The molecule has 6 heteroatoms. The maximum absolute atomic E-state index is 11.8. The third kappa shape index (κ3) is 4.04. The first kappa shape index (κ1) is 15.1. The molecule has 0 aliphatic rings. The molecule has 6 nitrogen and oxygen atoms in total. The predicted octanol–water partition coefficient (Wildman–Crippen LogP) is 1.02. The first-order valence-corrected chi connectivity index (χ1v) is 5.82. The zero-order chi connectivity index (χ0) is 14.5. The lowest BCUT2D eigenvalue weighted by Crippen LogP contribution is -2.35. The summed E-state index contributed by atoms with van der Waals surface area (Å²) in [6.07, 6.45) is 0.0196. The van der Waals surface area contributed by atoms with E-state index in [0.29, 0.717) is 0 Å². The van der Waals surface area contributed by atoms with Crippen LogP contribution in [0.5, 0.6) is 0 Å². The fraction of sp³-hybridized carbons (Fsp3) is 0.385. The Kier molecular flexibility index (Phi) is 5.02. The fourth-order valence-corrected chi connectivity index (χ4v) is 1.49. The number of aliphatic hydroxyl groups excluding tert-OH is 1. The van der Waals surface area contributed by atoms with Gasteiger partial charge in [0.05, 0.1) is 11.1 Å². The van der Waals surface area contributed by atoms with Crippen LogP contribution in [0, 0.1) is 0 Å². The van der Waals surface area contributed by atoms with E-state index >= 15 is 0 Å². The summed E-state index contributed by atoms with van der Waals surface area (Å²) >= 11 is 0. The van der Waals surface area contributed by atoms with Crippen molar-refractivity contribution in [3.63, 3.8) is 0 Å². The zero-order valence-corrected chi connectivity index (χ0v) is 10.5. The van der Waals surface area contributed by atoms with Gasteiger partial charge in [0.15, 0.2) is 0 Å². The third-order valence-electron chi connectivity index (χ3n) is 2.68. The summed E-state index contributed by atoms with van der Waals surface area (Å²) in [4.78, 5) is 22.6. The molecule has 19 heavy (non-hydrogen) atoms. The van der Waals surface area contributed by atoms with Crippen molar-refractivity contribution in [2.45, 2.75) is 25.6 Å². The maximum Gasteiger partial charge on any atom is 0.340 e. The lowest BCUT2D eigenvalue weighted by atomic mass is 10.1. The van der Waals surface area contributed by atoms with E-state index in [9.17, 15) is 14.7 Å². The second-order valence-electron chi connectivity index (χ2n) is 4.05. The SMILES string of the molecule is CCC(O)(CCO)OC(=O)c1cccc(C(=O)O)c1. The minimum atomic E-state index is -1.74. The minimum Gasteiger partial charge on any atom is -0.478 e. The molecular weight excluding hydrogens is 252 g/mol. The van der Waals surface area contributed by atoms with Gasteiger partial charge in [-0.2, -0.15) is 0 Å². The van der Waals surface area contributed by atoms with E-state index in [0.717, 1.165) is 0 Å². The van der Waals surface area contributed by atoms with E-state index in [1.807, 2.05) is 0 Å². The number of carbonyl (C=O) groups excluding carboxylic acids is 1. The largest absolute Gasteiger partial charge is 0.478 e. The van der Waals surface area contributed by atoms with Gasteiger partial charge in [0.25, 0.3) is 0 Å². The highest BCUT2D eigenvalue weighted by atomic mass is 16.7. The van der Waals surface area contributed by atoms with Gasteiger partial charge in [-0.15, -0.1) is 0 Å². The van der Waals surface area contributed by atoms with Crippen LogP contribution in [0.1, 0.15) is 40.5 Å². The van der Waals surface area contributed by atoms with Crippen molar-refractivity contribution in [1.82, 2.24) is 0 Å². The summed E-state index contributed by atoms with van der Waals surface area (Å²) in [5.41, 5.74) is -0.0126. The molecule has 0 saturated carbocycles. The van der Waals surface area contributed by atoms with Crippen molar-refractivity contribution < 1.29 is 29.6 Å². The minimum absolute atomic E-state index is 0.0321. The summed E-state index contributed by atoms with van der Waals surface area (Å²) in [6.45, 7) is 1.28. The van der Waals surface area contributed by atoms with Crippen LogP contribution in [0.2, 0.25) is 0 Å². The van der Waals surface area contributed by atoms with Crippen LogP contribution in [-0.4, -0.2) is 39.7 Å². The molecule has 0 amide bonds. The molecule has 1 unspecified atom stereocenters. The number of benzene rings is 1. The van der Waals surface area contributed by atoms with Crippen molar-refractivity contribution >= 4 is 11.9 Å². The lowest BCUT2D eigenvalue weighted by Gasteiger charge is -2.25. The molecule has 0 fully saturated rings. The molecule has 0 heterocycles. The van der Waals surface area contributed by atoms with Crippen LogP contribution in [0.3, 0.4) is 0 Å². The molecule has 0 saturated heterocycles. The Bertz CT molecular complexity index is 470. The third-order valence-corrected chi connectivity index (χ3v) is 2.68. The molecule has 0 aliphatic carbocycles. The van der Waals surface area contributed by atoms with Crippen molar-refractivity contribution in [2.24, 2.45) is 0 Å². The van der Waals surface area contributed by atoms with Gasteiger partial charge in [-0.25, -0.2) is 9.59 Å². The molecule has 3 N–H and O–H groups in total. The topological polar surface area (TPSA) is 104 Å². The Morgan fingerprint density at radius 3 is 2.47 bits per heavy atom. The van der Waals surface area contributed by atoms with Crippen molar-refractivity contribution in [2.75, 3.05) is 6.61 Å². The Balaban J connectivity index is 2.88. The number of hydrogen-bond donors (Lipinski definition) is 3. The quantitative estimate of drug-likeness (QED) is 0.525. The average Bonchev–Trinajstić information content (AvgIpc) is 2.39. The predicted molar refractivity (Wildman–Crippen MR) is 65.8 cm³/mol. The zero-order valence-electron chi connectivity index (χ0n) is 10.5. The summed E-state index contributed by atoms with van der Waals surface area (Å²) in [5, 5.41) is 27.5. The van der Waals surface area contributed by atoms with Gasteiger partial charge in [0.2, 0.25) is 5.79 Å². The monoisotopic (exact) mass is 268 g/mol. The first-order chi connectivity index (χ1) is 8.91. The summed E-state index contributed by atoms with van der Waals surface area (Å²) in [5.74, 6) is -3.73. The molecule has 1 atom stereocenters. The number of carbonyl (C=O) groups is 2. The van der Waals surface area contributed by atoms with Gasteiger partial charge < -0.3 is 20.1 Å². The summed E-state index contributed by atoms with van der Waals surface area (Å²) in [7, 11) is 0. The van der Waals surface area contributed by atoms with Gasteiger partial charge in [0.1, 0.15) is 0 Å². The number of carboxylic acids is 1. The van der Waals surface area contributed by atoms with E-state index in [1.165, 1.54) is 24.3 Å². The number of ether oxygens (including phenoxy) is 1. The molecule has 0 aromatic heterocycles. The standard InChI is InChI=1S/C13H16O6/c1-2-13(18,6-7-14)19-12(17)10-5-3-4-9(8-10)11(15)16/h3-5,8,14,18H,2,6-7H2,1H3,(H,15,16). The molecule has 0 spiro atoms. The van der Waals surface area contributed by atoms with Gasteiger partial charge in [-0.1, -0.05) is 13.0 Å². The average molecular weight is 268 g/mol. The van der Waals surface area contributed by atoms with Gasteiger partial charge in [0, 0.05) is 19.4 Å². The highest BCUT2D eigenvalue weighted by Crippen LogP contribution is 2.19. The van der Waals surface area contributed by atoms with Crippen LogP contribution in [0.25, 0.3) is 0 Å². The normalized spacial score (nSPS) is 13.6. The first-order valence-electron chi connectivity index (χ1n) is 5.82. The number of esters is 1. The molecule has 1 rings (SSSR count). The number of aromatic carboxylic acids is 1. The van der Waals surface area contributed by atoms with E-state index in [4.69, 9.17) is 14.9 Å². The van der Waals surface area contributed by atoms with E-state index < -0.39 is 17.7 Å². The molecule has 0 bridgehead atoms. The van der Waals surface area contributed by atoms with Crippen molar-refractivity contribution in [3.05, 3.63) is 35.4 Å². The number of aliphatic hydroxyl groups is 2. The van der Waals surface area contributed by atoms with Gasteiger partial charge in [-0.05, 0) is 18.2 Å². The van der Waals surface area contributed by atoms with Crippen LogP contribution in [0.4, 0.5) is 0 Å². The Morgan fingerprint density at radius 1 is 1.32 bits per heavy atom. The number of hydrogen-bond acceptors (Lipinski definition) is 5. The van der Waals surface area contributed by atoms with E-state index in [-0.39, 0.29) is 30.6 Å². The molecule has 0 radical (unpaired) electrons. The van der Waals surface area contributed by atoms with Crippen LogP contribution < -0.4 is 0 Å². The highest BCUT2D eigenvalue weighted by molar-refractivity contribution is 5.94. The number of rotatable bonds is 6. The smallest absolute Gasteiger partial charge is 0.340 e. The highest BCUT2D eigenvalue weighted by Gasteiger charge is 2.29. The summed E-state index contributed by atoms with van der Waals surface area (Å²) < 4.78 is 4.91. The van der Waals surface area contributed by atoms with Gasteiger partial charge >= 0.3 is 11.9 Å². The number of carboxylic acid groups (broad SMARTS) is 1. The van der Waals surface area contributed by atoms with E-state index in [2.05, 4.69) is 0 Å². The second-order valence-corrected chi connectivity index (χ2v) is 4.05. The fourth-order valence-electron chi connectivity index (χ4n) is 1.49. The second kappa shape index (κ2) is 6.31. The molecule has 1 aromatic rings. The lowest BCUT2D eigenvalue weighted by molar-refractivity contribution is -0.175.